The van der Waals surface area contributed by atoms with Crippen LogP contribution >= 0.6 is 34.0 Å². The first-order valence-electron chi connectivity index (χ1n) is 49.9. The first-order valence-corrected chi connectivity index (χ1v) is 52.4. The van der Waals surface area contributed by atoms with Gasteiger partial charge in [0.1, 0.15) is 0 Å². The Labute approximate surface area is 862 Å². The maximum atomic E-state index is 4.80. The van der Waals surface area contributed by atoms with Gasteiger partial charge in [0.25, 0.3) is 0 Å². The Hall–Kier alpha value is -18.8. The molecule has 31 rings (SSSR count). The van der Waals surface area contributed by atoms with Crippen LogP contribution in [-0.2, 0) is 0 Å². The molecule has 0 aliphatic heterocycles. The molecule has 0 spiro atoms. The van der Waals surface area contributed by atoms with E-state index in [1.54, 1.807) is 0 Å². The minimum atomic E-state index is 0.838. The Morgan fingerprint density at radius 1 is 0.135 bits per heavy atom. The third-order valence-electron chi connectivity index (χ3n) is 29.6. The van der Waals surface area contributed by atoms with Gasteiger partial charge in [0.05, 0.1) is 16.6 Å². The van der Waals surface area contributed by atoms with Crippen molar-refractivity contribution >= 4 is 187 Å². The molecule has 9 aromatic heterocycles. The van der Waals surface area contributed by atoms with Crippen LogP contribution in [0.15, 0.2) is 504 Å². The van der Waals surface area contributed by atoms with E-state index in [9.17, 15) is 0 Å². The summed E-state index contributed by atoms with van der Waals surface area (Å²) in [7, 11) is 0. The molecule has 9 heterocycles. The van der Waals surface area contributed by atoms with Gasteiger partial charge >= 0.3 is 0 Å². The molecule has 0 aliphatic carbocycles. The third-order valence-corrected chi connectivity index (χ3v) is 33.3. The average molecular weight is 1940 g/mol. The maximum absolute atomic E-state index is 4.80. The minimum absolute atomic E-state index is 0.838. The van der Waals surface area contributed by atoms with Crippen molar-refractivity contribution in [1.82, 2.24) is 43.8 Å². The van der Waals surface area contributed by atoms with Crippen LogP contribution < -0.4 is 0 Å². The van der Waals surface area contributed by atoms with Gasteiger partial charge in [-0.25, -0.2) is 0 Å². The predicted molar refractivity (Wildman–Crippen MR) is 625 cm³/mol. The summed E-state index contributed by atoms with van der Waals surface area (Å²) in [5.41, 5.74) is 30.8. The zero-order chi connectivity index (χ0) is 97.4. The molecule has 0 amide bonds. The van der Waals surface area contributed by atoms with E-state index in [1.807, 2.05) is 34.0 Å². The van der Waals surface area contributed by atoms with Gasteiger partial charge in [0.15, 0.2) is 34.4 Å². The molecule has 0 N–H and O–H groups in total. The van der Waals surface area contributed by atoms with Crippen LogP contribution in [0.4, 0.5) is 0 Å². The predicted octanol–water partition coefficient (Wildman–Crippen LogP) is 37.4. The SMILES string of the molecule is c1ccc(-c2ccc(-c3ccc4c(c3)c3ccccc3c3nnc(-c5ccc(-c6cccc7c6sc6ccccc67)cc5)n43)cc2)cc1.c1ccc(-c2cccc(-c3ccc4c(c3)c3ccccc3c3nnc(-c5ccc(-c6cccc7c6sc6ccccc67)cc5)n43)c2)cc1.c1ccc2c(-c3ccc(-c4ccc5c(c4)c4ccccc4c4nnc(-c6ccc(-c7cccc8c7sc7ccccc78)cc6)n54)cc3)cccc2c1. The highest BCUT2D eigenvalue weighted by Crippen LogP contribution is 2.48. The molecule has 0 saturated carbocycles. The van der Waals surface area contributed by atoms with Crippen molar-refractivity contribution in [2.45, 2.75) is 0 Å². The van der Waals surface area contributed by atoms with E-state index in [0.717, 1.165) is 83.8 Å². The molecule has 0 unspecified atom stereocenters. The fraction of sp³-hybridized carbons (Fsp3) is 0. The molecule has 9 nitrogen and oxygen atoms in total. The van der Waals surface area contributed by atoms with E-state index in [-0.39, 0.29) is 0 Å². The highest BCUT2D eigenvalue weighted by Gasteiger charge is 2.25. The molecule has 690 valence electrons. The fourth-order valence-corrected chi connectivity index (χ4v) is 26.1. The first kappa shape index (κ1) is 85.9. The van der Waals surface area contributed by atoms with Gasteiger partial charge in [-0.05, 0) is 188 Å². The van der Waals surface area contributed by atoms with Gasteiger partial charge in [-0.3, -0.25) is 13.2 Å². The molecule has 31 aromatic rings. The Bertz CT molecular complexity index is 10700. The lowest BCUT2D eigenvalue weighted by molar-refractivity contribution is 1.12. The van der Waals surface area contributed by atoms with Crippen LogP contribution in [0.3, 0.4) is 0 Å². The van der Waals surface area contributed by atoms with E-state index >= 15 is 0 Å². The third kappa shape index (κ3) is 14.6. The van der Waals surface area contributed by atoms with Gasteiger partial charge < -0.3 is 0 Å². The lowest BCUT2D eigenvalue weighted by Gasteiger charge is -2.12. The molecule has 0 saturated heterocycles. The van der Waals surface area contributed by atoms with Crippen LogP contribution in [-0.4, -0.2) is 43.8 Å². The number of rotatable bonds is 12. The number of thiophene rings is 3. The molecule has 12 heteroatoms. The van der Waals surface area contributed by atoms with Gasteiger partial charge in [0, 0.05) is 110 Å². The van der Waals surface area contributed by atoms with Crippen LogP contribution in [0.5, 0.6) is 0 Å². The summed E-state index contributed by atoms with van der Waals surface area (Å²) in [6, 6.07) is 181. The summed E-state index contributed by atoms with van der Waals surface area (Å²) in [5, 5.41) is 49.4. The monoisotopic (exact) mass is 1940 g/mol. The van der Waals surface area contributed by atoms with Gasteiger partial charge in [-0.2, -0.15) is 0 Å². The fourth-order valence-electron chi connectivity index (χ4n) is 22.4. The number of aromatic nitrogens is 9. The molecule has 0 aliphatic rings. The van der Waals surface area contributed by atoms with Crippen molar-refractivity contribution < 1.29 is 0 Å². The second-order valence-electron chi connectivity index (χ2n) is 37.9. The second kappa shape index (κ2) is 35.6. The summed E-state index contributed by atoms with van der Waals surface area (Å²) in [4.78, 5) is 0. The van der Waals surface area contributed by atoms with Crippen LogP contribution in [0.25, 0.3) is 288 Å². The Kier molecular flexibility index (Phi) is 20.7. The van der Waals surface area contributed by atoms with E-state index < -0.39 is 0 Å². The number of fused-ring (bicyclic) bond motifs is 28. The van der Waals surface area contributed by atoms with Crippen LogP contribution in [0, 0.1) is 0 Å². The van der Waals surface area contributed by atoms with Crippen molar-refractivity contribution in [2.24, 2.45) is 0 Å². The second-order valence-corrected chi connectivity index (χ2v) is 41.1. The van der Waals surface area contributed by atoms with Gasteiger partial charge in [0.2, 0.25) is 0 Å². The summed E-state index contributed by atoms with van der Waals surface area (Å²) in [6.45, 7) is 0. The lowest BCUT2D eigenvalue weighted by Crippen LogP contribution is -1.95. The molecular formula is C136H83N9S3. The minimum Gasteiger partial charge on any atom is -0.274 e. The number of benzene rings is 22. The van der Waals surface area contributed by atoms with E-state index in [4.69, 9.17) is 30.6 Å². The summed E-state index contributed by atoms with van der Waals surface area (Å²) in [6.07, 6.45) is 0. The van der Waals surface area contributed by atoms with E-state index in [2.05, 4.69) is 517 Å². The van der Waals surface area contributed by atoms with Gasteiger partial charge in [-0.1, -0.05) is 443 Å². The van der Waals surface area contributed by atoms with E-state index in [1.165, 1.54) is 204 Å². The Morgan fingerprint density at radius 2 is 0.365 bits per heavy atom. The van der Waals surface area contributed by atoms with Gasteiger partial charge in [-0.15, -0.1) is 64.6 Å². The van der Waals surface area contributed by atoms with E-state index in [0.29, 0.717) is 0 Å². The highest BCUT2D eigenvalue weighted by molar-refractivity contribution is 7.27. The normalized spacial score (nSPS) is 11.8. The molecule has 148 heavy (non-hydrogen) atoms. The first-order chi connectivity index (χ1) is 73.4. The smallest absolute Gasteiger partial charge is 0.169 e. The Balaban J connectivity index is 0.000000105. The summed E-state index contributed by atoms with van der Waals surface area (Å²) < 4.78 is 14.6. The van der Waals surface area contributed by atoms with Crippen molar-refractivity contribution in [1.29, 1.82) is 0 Å². The average Bonchev–Trinajstić information content (AvgIpc) is 1.42. The van der Waals surface area contributed by atoms with Crippen molar-refractivity contribution in [3.63, 3.8) is 0 Å². The van der Waals surface area contributed by atoms with Crippen LogP contribution in [0.1, 0.15) is 0 Å². The summed E-state index contributed by atoms with van der Waals surface area (Å²) in [5.74, 6) is 2.52. The molecule has 0 atom stereocenters. The lowest BCUT2D eigenvalue weighted by atomic mass is 9.95. The molecular weight excluding hydrogens is 1860 g/mol. The quantitative estimate of drug-likeness (QED) is 0.113. The van der Waals surface area contributed by atoms with Crippen LogP contribution in [0.2, 0.25) is 0 Å². The molecule has 0 radical (unpaired) electrons. The number of hydrogen-bond donors (Lipinski definition) is 0. The largest absolute Gasteiger partial charge is 0.274 e. The standard InChI is InChI=1S/C48H29N3S.2C44H27N3S/c1-2-11-36-31(9-1)10-7-15-37(36)32-21-19-30(20-22-32)35-27-28-44-43(29-35)39-12-3-4-14-42(39)48-50-49-47(51(44)48)34-25-23-33(24-26-34)38-16-8-17-41-40-13-5-6-18-45(40)52-46(38)41;1-2-10-28(11-3-1)31-12-8-13-32(26-31)33-24-25-40-39(27-33)35-14-4-5-16-38(35)44-46-45-43(47(40)44)30-22-20-29(21-23-30)34-17-9-18-37-36-15-6-7-19-41(36)48-42(34)37;1-2-9-28(10-3-1)29-17-19-30(20-18-29)33-25-26-40-39(27-33)35-11-4-5-13-38(35)44-46-45-43(47(40)44)32-23-21-31(22-24-32)34-14-8-15-37-36-12-6-7-16-41(36)48-42(34)37/h1-29H;2*1-27H. The number of nitrogens with zero attached hydrogens (tertiary/aromatic N) is 9. The highest BCUT2D eigenvalue weighted by atomic mass is 32.1. The number of pyridine rings is 3. The summed E-state index contributed by atoms with van der Waals surface area (Å²) >= 11 is 5.59. The van der Waals surface area contributed by atoms with Crippen molar-refractivity contribution in [3.05, 3.63) is 504 Å². The topological polar surface area (TPSA) is 90.6 Å². The van der Waals surface area contributed by atoms with Crippen molar-refractivity contribution in [3.8, 4) is 134 Å². The molecule has 22 aromatic carbocycles. The maximum Gasteiger partial charge on any atom is 0.169 e. The molecule has 0 fully saturated rings. The van der Waals surface area contributed by atoms with Crippen molar-refractivity contribution in [2.75, 3.05) is 0 Å². The Morgan fingerprint density at radius 3 is 0.743 bits per heavy atom. The molecule has 0 bridgehead atoms. The number of hydrogen-bond acceptors (Lipinski definition) is 9. The zero-order valence-electron chi connectivity index (χ0n) is 79.7. The zero-order valence-corrected chi connectivity index (χ0v) is 82.1.